The van der Waals surface area contributed by atoms with E-state index in [0.717, 1.165) is 103 Å². The van der Waals surface area contributed by atoms with Crippen molar-refractivity contribution in [3.8, 4) is 0 Å². The summed E-state index contributed by atoms with van der Waals surface area (Å²) >= 11 is 0. The molecule has 6 atom stereocenters. The van der Waals surface area contributed by atoms with E-state index < -0.39 is 55.4 Å². The molecule has 1 aliphatic rings. The molecule has 1 fully saturated rings. The van der Waals surface area contributed by atoms with Gasteiger partial charge in [0.15, 0.2) is 12.4 Å². The Labute approximate surface area is 332 Å². The Hall–Kier alpha value is -2.86. The van der Waals surface area contributed by atoms with Crippen molar-refractivity contribution >= 4 is 11.9 Å². The number of hydrogen-bond donors (Lipinski definition) is 4. The maximum absolute atomic E-state index is 12.7. The minimum atomic E-state index is -1.60. The molecule has 0 aromatic carbocycles. The highest BCUT2D eigenvalue weighted by Gasteiger charge is 2.44. The molecule has 4 N–H and O–H groups in total. The third kappa shape index (κ3) is 27.4. The van der Waals surface area contributed by atoms with Crippen molar-refractivity contribution in [2.75, 3.05) is 19.8 Å². The van der Waals surface area contributed by atoms with Gasteiger partial charge in [-0.15, -0.1) is 0 Å². The fourth-order valence-electron chi connectivity index (χ4n) is 5.80. The first-order valence-corrected chi connectivity index (χ1v) is 21.0. The predicted octanol–water partition coefficient (Wildman–Crippen LogP) is 8.44. The average Bonchev–Trinajstić information content (AvgIpc) is 3.18. The first-order valence-electron chi connectivity index (χ1n) is 21.0. The van der Waals surface area contributed by atoms with Gasteiger partial charge in [-0.2, -0.15) is 0 Å². The molecule has 0 amide bonds. The van der Waals surface area contributed by atoms with Gasteiger partial charge in [-0.1, -0.05) is 125 Å². The van der Waals surface area contributed by atoms with E-state index in [1.54, 1.807) is 0 Å². The molecule has 0 aromatic heterocycles. The number of aliphatic hydroxyl groups excluding tert-OH is 4. The molecule has 1 rings (SSSR count). The van der Waals surface area contributed by atoms with Gasteiger partial charge in [0.05, 0.1) is 13.2 Å². The van der Waals surface area contributed by atoms with Crippen molar-refractivity contribution in [1.29, 1.82) is 0 Å². The first kappa shape index (κ1) is 50.2. The van der Waals surface area contributed by atoms with E-state index in [1.165, 1.54) is 0 Å². The van der Waals surface area contributed by atoms with Crippen LogP contribution in [0, 0.1) is 0 Å². The summed E-state index contributed by atoms with van der Waals surface area (Å²) in [5.41, 5.74) is 0. The van der Waals surface area contributed by atoms with Crippen LogP contribution < -0.4 is 0 Å². The van der Waals surface area contributed by atoms with Gasteiger partial charge >= 0.3 is 11.9 Å². The van der Waals surface area contributed by atoms with Gasteiger partial charge in [0.1, 0.15) is 31.0 Å². The molecule has 1 heterocycles. The van der Waals surface area contributed by atoms with Crippen molar-refractivity contribution < 1.29 is 49.0 Å². The molecule has 1 aliphatic heterocycles. The van der Waals surface area contributed by atoms with Crippen LogP contribution >= 0.6 is 0 Å². The highest BCUT2D eigenvalue weighted by molar-refractivity contribution is 5.70. The van der Waals surface area contributed by atoms with E-state index in [0.29, 0.717) is 12.8 Å². The van der Waals surface area contributed by atoms with Crippen LogP contribution in [0.15, 0.2) is 72.9 Å². The van der Waals surface area contributed by atoms with E-state index in [2.05, 4.69) is 86.8 Å². The number of unbranched alkanes of at least 4 members (excludes halogenated alkanes) is 10. The highest BCUT2D eigenvalue weighted by Crippen LogP contribution is 2.22. The number of ether oxygens (including phenoxy) is 4. The highest BCUT2D eigenvalue weighted by atomic mass is 16.7. The van der Waals surface area contributed by atoms with Crippen LogP contribution in [0.1, 0.15) is 142 Å². The molecule has 0 spiro atoms. The third-order valence-electron chi connectivity index (χ3n) is 9.09. The Kier molecular flexibility index (Phi) is 32.4. The molecule has 10 nitrogen and oxygen atoms in total. The summed E-state index contributed by atoms with van der Waals surface area (Å²) in [6.07, 6.45) is 36.2. The average molecular weight is 775 g/mol. The van der Waals surface area contributed by atoms with Crippen LogP contribution in [-0.4, -0.2) is 89.0 Å². The van der Waals surface area contributed by atoms with Crippen LogP contribution in [0.4, 0.5) is 0 Å². The lowest BCUT2D eigenvalue weighted by Gasteiger charge is -2.39. The molecule has 1 saturated heterocycles. The number of aliphatic hydroxyl groups is 4. The van der Waals surface area contributed by atoms with Gasteiger partial charge in [-0.3, -0.25) is 9.59 Å². The van der Waals surface area contributed by atoms with Crippen molar-refractivity contribution in [2.24, 2.45) is 0 Å². The number of hydrogen-bond acceptors (Lipinski definition) is 10. The monoisotopic (exact) mass is 775 g/mol. The molecule has 0 aromatic rings. The maximum atomic E-state index is 12.7. The zero-order chi connectivity index (χ0) is 40.2. The fourth-order valence-corrected chi connectivity index (χ4v) is 5.80. The van der Waals surface area contributed by atoms with Crippen molar-refractivity contribution in [2.45, 2.75) is 179 Å². The number of carbonyl (C=O) groups is 2. The molecule has 0 unspecified atom stereocenters. The minimum Gasteiger partial charge on any atom is -0.462 e. The molecule has 0 aliphatic carbocycles. The van der Waals surface area contributed by atoms with Gasteiger partial charge < -0.3 is 39.4 Å². The van der Waals surface area contributed by atoms with E-state index in [9.17, 15) is 30.0 Å². The van der Waals surface area contributed by atoms with E-state index in [1.807, 2.05) is 0 Å². The lowest BCUT2D eigenvalue weighted by molar-refractivity contribution is -0.305. The summed E-state index contributed by atoms with van der Waals surface area (Å²) in [6.45, 7) is 3.14. The number of allylic oxidation sites excluding steroid dienone is 12. The second-order valence-corrected chi connectivity index (χ2v) is 14.0. The smallest absolute Gasteiger partial charge is 0.306 e. The Balaban J connectivity index is 2.39. The summed E-state index contributed by atoms with van der Waals surface area (Å²) in [4.78, 5) is 25.3. The van der Waals surface area contributed by atoms with Crippen LogP contribution in [0.2, 0.25) is 0 Å². The molecule has 0 saturated carbocycles. The van der Waals surface area contributed by atoms with Gasteiger partial charge in [-0.05, 0) is 77.0 Å². The predicted molar refractivity (Wildman–Crippen MR) is 219 cm³/mol. The normalized spacial score (nSPS) is 21.3. The summed E-state index contributed by atoms with van der Waals surface area (Å²) in [6, 6.07) is 0. The second kappa shape index (κ2) is 35.5. The summed E-state index contributed by atoms with van der Waals surface area (Å²) in [5.74, 6) is -0.855. The van der Waals surface area contributed by atoms with Gasteiger partial charge in [0, 0.05) is 12.8 Å². The van der Waals surface area contributed by atoms with Crippen LogP contribution in [0.25, 0.3) is 0 Å². The first-order chi connectivity index (χ1) is 26.8. The quantitative estimate of drug-likeness (QED) is 0.0291. The van der Waals surface area contributed by atoms with E-state index >= 15 is 0 Å². The molecule has 0 radical (unpaired) electrons. The topological polar surface area (TPSA) is 152 Å². The Morgan fingerprint density at radius 1 is 0.564 bits per heavy atom. The molecule has 314 valence electrons. The third-order valence-corrected chi connectivity index (χ3v) is 9.09. The van der Waals surface area contributed by atoms with Gasteiger partial charge in [0.2, 0.25) is 0 Å². The molecular weight excluding hydrogens is 700 g/mol. The fraction of sp³-hybridized carbons (Fsp3) is 0.689. The van der Waals surface area contributed by atoms with Crippen LogP contribution in [-0.2, 0) is 28.5 Å². The van der Waals surface area contributed by atoms with Crippen LogP contribution in [0.3, 0.4) is 0 Å². The molecule has 10 heteroatoms. The van der Waals surface area contributed by atoms with Crippen molar-refractivity contribution in [3.63, 3.8) is 0 Å². The van der Waals surface area contributed by atoms with E-state index in [4.69, 9.17) is 18.9 Å². The number of carbonyl (C=O) groups excluding carboxylic acids is 2. The zero-order valence-electron chi connectivity index (χ0n) is 33.9. The SMILES string of the molecule is CC/C=C/C/C=C\C/C=C\CCCCCCCC(=O)OC[C@H](CO[C@@H]1O[C@H](CO)[C@H](O)[C@H](O)[C@H]1O)OC(=O)CCCCCCC/C=C\C/C=C\C/C=C/CC. The summed E-state index contributed by atoms with van der Waals surface area (Å²) in [5, 5.41) is 40.0. The molecular formula is C45H74O10. The maximum Gasteiger partial charge on any atom is 0.306 e. The zero-order valence-corrected chi connectivity index (χ0v) is 33.9. The van der Waals surface area contributed by atoms with Crippen molar-refractivity contribution in [3.05, 3.63) is 72.9 Å². The van der Waals surface area contributed by atoms with Crippen LogP contribution in [0.5, 0.6) is 0 Å². The molecule has 55 heavy (non-hydrogen) atoms. The largest absolute Gasteiger partial charge is 0.462 e. The standard InChI is InChI=1S/C45H74O10/c1-3-5-7-9-11-13-15-17-19-21-23-25-27-29-31-33-40(47)52-36-38(37-53-45-44(51)43(50)42(49)39(35-46)55-45)54-41(48)34-32-30-28-26-24-22-20-18-16-14-12-10-8-6-4-2/h5-8,11-14,17-20,38-39,42-46,49-51H,3-4,9-10,15-16,21-37H2,1-2H3/b7-5+,8-6+,13-11-,14-12-,19-17-,20-18-/t38-,39-,42+,43+,44-,45-/m1/s1. The Morgan fingerprint density at radius 3 is 1.53 bits per heavy atom. The lowest BCUT2D eigenvalue weighted by Crippen LogP contribution is -2.59. The molecule has 0 bridgehead atoms. The summed E-state index contributed by atoms with van der Waals surface area (Å²) in [7, 11) is 0. The van der Waals surface area contributed by atoms with E-state index in [-0.39, 0.29) is 26.1 Å². The second-order valence-electron chi connectivity index (χ2n) is 14.0. The Bertz CT molecular complexity index is 1120. The Morgan fingerprint density at radius 2 is 1.02 bits per heavy atom. The van der Waals surface area contributed by atoms with Gasteiger partial charge in [0.25, 0.3) is 0 Å². The number of esters is 2. The van der Waals surface area contributed by atoms with Gasteiger partial charge in [-0.25, -0.2) is 0 Å². The van der Waals surface area contributed by atoms with Crippen molar-refractivity contribution in [1.82, 2.24) is 0 Å². The summed E-state index contributed by atoms with van der Waals surface area (Å²) < 4.78 is 22.1. The number of rotatable bonds is 33. The minimum absolute atomic E-state index is 0.202. The lowest BCUT2D eigenvalue weighted by atomic mass is 9.99.